The molecule has 0 fully saturated rings. The zero-order valence-electron chi connectivity index (χ0n) is 5.34. The summed E-state index contributed by atoms with van der Waals surface area (Å²) in [6.45, 7) is 1.97. The molecule has 0 saturated heterocycles. The highest BCUT2D eigenvalue weighted by Gasteiger charge is 1.95. The highest BCUT2D eigenvalue weighted by Crippen LogP contribution is 2.17. The lowest BCUT2D eigenvalue weighted by Gasteiger charge is -1.99. The van der Waals surface area contributed by atoms with Gasteiger partial charge in [0, 0.05) is 0 Å². The van der Waals surface area contributed by atoms with Crippen molar-refractivity contribution in [1.82, 2.24) is 0 Å². The van der Waals surface area contributed by atoms with Crippen molar-refractivity contribution in [3.63, 3.8) is 0 Å². The molecule has 0 radical (unpaired) electrons. The van der Waals surface area contributed by atoms with E-state index in [0.717, 1.165) is 0 Å². The topological polar surface area (TPSA) is 0 Å². The van der Waals surface area contributed by atoms with Gasteiger partial charge >= 0.3 is 0 Å². The second kappa shape index (κ2) is 2.88. The van der Waals surface area contributed by atoms with E-state index in [4.69, 9.17) is 11.6 Å². The fourth-order valence-electron chi connectivity index (χ4n) is 0.718. The fraction of sp³-hybridized carbons (Fsp3) is 0.250. The highest BCUT2D eigenvalue weighted by atomic mass is 35.5. The molecule has 1 aromatic carbocycles. The number of hydrogen-bond acceptors (Lipinski definition) is 0. The van der Waals surface area contributed by atoms with Gasteiger partial charge in [-0.05, 0) is 12.5 Å². The lowest BCUT2D eigenvalue weighted by Crippen LogP contribution is -1.80. The molecule has 1 atom stereocenters. The first-order valence-electron chi connectivity index (χ1n) is 2.99. The summed E-state index contributed by atoms with van der Waals surface area (Å²) in [5.74, 6) is 0. The molecule has 0 bridgehead atoms. The fourth-order valence-corrected chi connectivity index (χ4v) is 0.864. The summed E-state index contributed by atoms with van der Waals surface area (Å²) in [5.41, 5.74) is 1.18. The third kappa shape index (κ3) is 1.72. The van der Waals surface area contributed by atoms with Crippen LogP contribution < -0.4 is 0 Å². The third-order valence-electron chi connectivity index (χ3n) is 1.26. The quantitative estimate of drug-likeness (QED) is 0.526. The van der Waals surface area contributed by atoms with Gasteiger partial charge in [0.25, 0.3) is 0 Å². The van der Waals surface area contributed by atoms with Gasteiger partial charge in [0.1, 0.15) is 0 Å². The Labute approximate surface area is 60.5 Å². The molecule has 9 heavy (non-hydrogen) atoms. The molecule has 0 spiro atoms. The van der Waals surface area contributed by atoms with Crippen molar-refractivity contribution in [2.24, 2.45) is 0 Å². The zero-order chi connectivity index (χ0) is 6.69. The molecule has 0 unspecified atom stereocenters. The Morgan fingerprint density at radius 1 is 1.22 bits per heavy atom. The molecule has 0 aliphatic carbocycles. The maximum Gasteiger partial charge on any atom is 0.0557 e. The number of rotatable bonds is 1. The second-order valence-corrected chi connectivity index (χ2v) is 2.68. The summed E-state index contributed by atoms with van der Waals surface area (Å²) < 4.78 is 0. The predicted octanol–water partition coefficient (Wildman–Crippen LogP) is 2.99. The number of alkyl halides is 1. The van der Waals surface area contributed by atoms with E-state index in [2.05, 4.69) is 0 Å². The van der Waals surface area contributed by atoms with Crippen LogP contribution in [0.15, 0.2) is 30.3 Å². The van der Waals surface area contributed by atoms with Crippen LogP contribution in [-0.4, -0.2) is 0 Å². The summed E-state index contributed by atoms with van der Waals surface area (Å²) in [6, 6.07) is 10.0. The number of hydrogen-bond donors (Lipinski definition) is 0. The molecular weight excluding hydrogens is 132 g/mol. The van der Waals surface area contributed by atoms with E-state index >= 15 is 0 Å². The van der Waals surface area contributed by atoms with Crippen LogP contribution in [0.3, 0.4) is 0 Å². The minimum Gasteiger partial charge on any atom is -0.118 e. The lowest BCUT2D eigenvalue weighted by atomic mass is 10.2. The Hall–Kier alpha value is -0.490. The smallest absolute Gasteiger partial charge is 0.0557 e. The van der Waals surface area contributed by atoms with E-state index < -0.39 is 0 Å². The van der Waals surface area contributed by atoms with Gasteiger partial charge < -0.3 is 0 Å². The van der Waals surface area contributed by atoms with Crippen LogP contribution in [0, 0.1) is 0 Å². The van der Waals surface area contributed by atoms with E-state index in [-0.39, 0.29) is 5.38 Å². The Balaban J connectivity index is 2.85. The number of halogens is 1. The van der Waals surface area contributed by atoms with Crippen molar-refractivity contribution < 1.29 is 0 Å². The maximum atomic E-state index is 5.80. The third-order valence-corrected chi connectivity index (χ3v) is 1.51. The van der Waals surface area contributed by atoms with Crippen LogP contribution >= 0.6 is 11.6 Å². The molecular formula is C8H9Cl. The van der Waals surface area contributed by atoms with E-state index in [1.807, 2.05) is 37.3 Å². The first-order valence-corrected chi connectivity index (χ1v) is 3.43. The molecule has 0 nitrogen and oxygen atoms in total. The van der Waals surface area contributed by atoms with Gasteiger partial charge in [-0.1, -0.05) is 30.3 Å². The minimum atomic E-state index is 0.131. The van der Waals surface area contributed by atoms with Crippen molar-refractivity contribution in [2.75, 3.05) is 0 Å². The van der Waals surface area contributed by atoms with Crippen LogP contribution in [-0.2, 0) is 0 Å². The van der Waals surface area contributed by atoms with E-state index in [0.29, 0.717) is 0 Å². The average Bonchev–Trinajstić information content (AvgIpc) is 1.90. The summed E-state index contributed by atoms with van der Waals surface area (Å²) in [5, 5.41) is 0.131. The first kappa shape index (κ1) is 6.63. The van der Waals surface area contributed by atoms with Gasteiger partial charge in [-0.3, -0.25) is 0 Å². The maximum absolute atomic E-state index is 5.80. The summed E-state index contributed by atoms with van der Waals surface area (Å²) >= 11 is 5.80. The standard InChI is InChI=1S/C8H9Cl/c1-7(9)8-5-3-2-4-6-8/h2-7H,1H3/t7-/m0/s1. The average molecular weight is 141 g/mol. The molecule has 0 aromatic heterocycles. The molecule has 1 heteroatoms. The Morgan fingerprint density at radius 2 is 1.78 bits per heavy atom. The van der Waals surface area contributed by atoms with Crippen LogP contribution in [0.4, 0.5) is 0 Å². The summed E-state index contributed by atoms with van der Waals surface area (Å²) in [4.78, 5) is 0. The Kier molecular flexibility index (Phi) is 2.12. The monoisotopic (exact) mass is 140 g/mol. The van der Waals surface area contributed by atoms with E-state index in [1.54, 1.807) is 0 Å². The van der Waals surface area contributed by atoms with E-state index in [1.165, 1.54) is 5.56 Å². The minimum absolute atomic E-state index is 0.131. The SMILES string of the molecule is C[C@H](Cl)c1ccccc1. The number of benzene rings is 1. The second-order valence-electron chi connectivity index (χ2n) is 2.03. The molecule has 0 heterocycles. The molecule has 0 N–H and O–H groups in total. The van der Waals surface area contributed by atoms with E-state index in [9.17, 15) is 0 Å². The van der Waals surface area contributed by atoms with Crippen LogP contribution in [0.1, 0.15) is 17.9 Å². The lowest BCUT2D eigenvalue weighted by molar-refractivity contribution is 1.08. The molecule has 0 aliphatic rings. The Morgan fingerprint density at radius 3 is 2.11 bits per heavy atom. The Bertz CT molecular complexity index is 167. The molecule has 0 aliphatic heterocycles. The van der Waals surface area contributed by atoms with Gasteiger partial charge in [-0.25, -0.2) is 0 Å². The van der Waals surface area contributed by atoms with Crippen LogP contribution in [0.5, 0.6) is 0 Å². The van der Waals surface area contributed by atoms with Gasteiger partial charge in [0.15, 0.2) is 0 Å². The van der Waals surface area contributed by atoms with Crippen molar-refractivity contribution in [2.45, 2.75) is 12.3 Å². The molecule has 0 amide bonds. The highest BCUT2D eigenvalue weighted by molar-refractivity contribution is 6.20. The van der Waals surface area contributed by atoms with Gasteiger partial charge in [0.2, 0.25) is 0 Å². The van der Waals surface area contributed by atoms with Crippen LogP contribution in [0.25, 0.3) is 0 Å². The van der Waals surface area contributed by atoms with Crippen LogP contribution in [0.2, 0.25) is 0 Å². The normalized spacial score (nSPS) is 13.1. The molecule has 1 aromatic rings. The summed E-state index contributed by atoms with van der Waals surface area (Å²) in [6.07, 6.45) is 0. The van der Waals surface area contributed by atoms with Gasteiger partial charge in [-0.2, -0.15) is 0 Å². The van der Waals surface area contributed by atoms with Crippen molar-refractivity contribution in [3.05, 3.63) is 35.9 Å². The largest absolute Gasteiger partial charge is 0.118 e. The summed E-state index contributed by atoms with van der Waals surface area (Å²) in [7, 11) is 0. The zero-order valence-corrected chi connectivity index (χ0v) is 6.10. The molecule has 0 saturated carbocycles. The van der Waals surface area contributed by atoms with Crippen molar-refractivity contribution >= 4 is 11.6 Å². The van der Waals surface area contributed by atoms with Crippen molar-refractivity contribution in [3.8, 4) is 0 Å². The molecule has 1 rings (SSSR count). The van der Waals surface area contributed by atoms with Gasteiger partial charge in [-0.15, -0.1) is 11.6 Å². The van der Waals surface area contributed by atoms with Gasteiger partial charge in [0.05, 0.1) is 5.38 Å². The predicted molar refractivity (Wildman–Crippen MR) is 40.7 cm³/mol. The van der Waals surface area contributed by atoms with Crippen molar-refractivity contribution in [1.29, 1.82) is 0 Å². The molecule has 48 valence electrons. The first-order chi connectivity index (χ1) is 4.30.